The first-order valence-electron chi connectivity index (χ1n) is 9.70. The number of fused-ring (bicyclic) bond motifs is 1. The van der Waals surface area contributed by atoms with Crippen molar-refractivity contribution in [3.05, 3.63) is 87.3 Å². The van der Waals surface area contributed by atoms with Gasteiger partial charge in [0.2, 0.25) is 5.91 Å². The fourth-order valence-corrected chi connectivity index (χ4v) is 4.12. The number of carbonyl (C=O) groups excluding carboxylic acids is 1. The van der Waals surface area contributed by atoms with E-state index in [4.69, 9.17) is 0 Å². The minimum absolute atomic E-state index is 0.0928. The molecule has 2 aromatic carbocycles. The fourth-order valence-electron chi connectivity index (χ4n) is 3.08. The Morgan fingerprint density at radius 3 is 2.58 bits per heavy atom. The van der Waals surface area contributed by atoms with E-state index in [1.165, 1.54) is 17.3 Å². The lowest BCUT2D eigenvalue weighted by Crippen LogP contribution is -2.23. The van der Waals surface area contributed by atoms with E-state index in [0.29, 0.717) is 21.9 Å². The quantitative estimate of drug-likeness (QED) is 0.306. The Hall–Kier alpha value is -2.97. The van der Waals surface area contributed by atoms with Gasteiger partial charge in [-0.25, -0.2) is 9.97 Å². The molecular weight excluding hydrogens is 476 g/mol. The number of benzene rings is 2. The summed E-state index contributed by atoms with van der Waals surface area (Å²) in [5, 5.41) is 3.76. The smallest absolute Gasteiger partial charge is 0.266 e. The number of amides is 1. The number of anilines is 1. The van der Waals surface area contributed by atoms with Crippen LogP contribution < -0.4 is 10.9 Å². The Kier molecular flexibility index (Phi) is 6.48. The van der Waals surface area contributed by atoms with Gasteiger partial charge in [0.15, 0.2) is 5.16 Å². The van der Waals surface area contributed by atoms with Crippen molar-refractivity contribution in [1.29, 1.82) is 0 Å². The van der Waals surface area contributed by atoms with Crippen LogP contribution in [0.4, 0.5) is 5.82 Å². The molecule has 0 spiro atoms. The topological polar surface area (TPSA) is 76.9 Å². The summed E-state index contributed by atoms with van der Waals surface area (Å²) in [4.78, 5) is 34.5. The summed E-state index contributed by atoms with van der Waals surface area (Å²) < 4.78 is 2.40. The predicted octanol–water partition coefficient (Wildman–Crippen LogP) is 4.84. The molecule has 1 N–H and O–H groups in total. The highest BCUT2D eigenvalue weighted by molar-refractivity contribution is 9.10. The van der Waals surface area contributed by atoms with Gasteiger partial charge >= 0.3 is 0 Å². The number of hydrogen-bond acceptors (Lipinski definition) is 5. The fraction of sp³-hybridized carbons (Fsp3) is 0.130. The van der Waals surface area contributed by atoms with Crippen LogP contribution in [-0.4, -0.2) is 26.2 Å². The molecule has 0 radical (unpaired) electrons. The molecule has 0 fully saturated rings. The van der Waals surface area contributed by atoms with Crippen LogP contribution in [0.3, 0.4) is 0 Å². The lowest BCUT2D eigenvalue weighted by molar-refractivity contribution is -0.113. The number of carbonyl (C=O) groups is 1. The summed E-state index contributed by atoms with van der Waals surface area (Å²) in [6.07, 6.45) is 2.53. The molecule has 4 rings (SSSR count). The molecule has 0 atom stereocenters. The van der Waals surface area contributed by atoms with Gasteiger partial charge in [-0.1, -0.05) is 43.0 Å². The molecule has 2 heterocycles. The van der Waals surface area contributed by atoms with Crippen LogP contribution in [0.25, 0.3) is 16.6 Å². The summed E-state index contributed by atoms with van der Waals surface area (Å²) in [6, 6.07) is 18.6. The van der Waals surface area contributed by atoms with Crippen LogP contribution in [-0.2, 0) is 11.2 Å². The molecule has 0 aliphatic carbocycles. The Bertz CT molecular complexity index is 1290. The van der Waals surface area contributed by atoms with Gasteiger partial charge < -0.3 is 5.32 Å². The number of pyridine rings is 1. The number of halogens is 1. The SMILES string of the molecule is CCc1ccc(-n2c(SCC(=O)Nc3ccc(Br)cn3)nc3ccccc3c2=O)cc1. The lowest BCUT2D eigenvalue weighted by Gasteiger charge is -2.13. The maximum absolute atomic E-state index is 13.3. The zero-order valence-corrected chi connectivity index (χ0v) is 19.1. The Morgan fingerprint density at radius 1 is 1.10 bits per heavy atom. The summed E-state index contributed by atoms with van der Waals surface area (Å²) in [5.74, 6) is 0.332. The number of nitrogens with zero attached hydrogens (tertiary/aromatic N) is 3. The van der Waals surface area contributed by atoms with Crippen molar-refractivity contribution >= 4 is 50.3 Å². The first kappa shape index (κ1) is 21.3. The van der Waals surface area contributed by atoms with E-state index in [1.807, 2.05) is 36.4 Å². The second-order valence-electron chi connectivity index (χ2n) is 6.77. The first-order valence-corrected chi connectivity index (χ1v) is 11.5. The molecule has 0 saturated heterocycles. The zero-order valence-electron chi connectivity index (χ0n) is 16.7. The van der Waals surface area contributed by atoms with Gasteiger partial charge in [-0.2, -0.15) is 0 Å². The van der Waals surface area contributed by atoms with E-state index >= 15 is 0 Å². The van der Waals surface area contributed by atoms with Crippen molar-refractivity contribution in [2.75, 3.05) is 11.1 Å². The minimum atomic E-state index is -0.227. The van der Waals surface area contributed by atoms with Crippen LogP contribution in [0.2, 0.25) is 0 Å². The van der Waals surface area contributed by atoms with E-state index in [1.54, 1.807) is 35.0 Å². The Morgan fingerprint density at radius 2 is 1.87 bits per heavy atom. The normalized spacial score (nSPS) is 10.9. The van der Waals surface area contributed by atoms with Gasteiger partial charge in [0.05, 0.1) is 22.3 Å². The highest BCUT2D eigenvalue weighted by Crippen LogP contribution is 2.22. The molecule has 6 nitrogen and oxygen atoms in total. The number of aryl methyl sites for hydroxylation is 1. The van der Waals surface area contributed by atoms with Gasteiger partial charge in [-0.05, 0) is 64.3 Å². The molecule has 8 heteroatoms. The van der Waals surface area contributed by atoms with Crippen LogP contribution in [0.5, 0.6) is 0 Å². The van der Waals surface area contributed by atoms with Crippen molar-refractivity contribution < 1.29 is 4.79 Å². The van der Waals surface area contributed by atoms with Crippen LogP contribution in [0.15, 0.2) is 81.3 Å². The number of nitrogens with one attached hydrogen (secondary N) is 1. The van der Waals surface area contributed by atoms with E-state index < -0.39 is 0 Å². The third-order valence-corrected chi connectivity index (χ3v) is 6.08. The van der Waals surface area contributed by atoms with Gasteiger partial charge in [0.1, 0.15) is 5.82 Å². The summed E-state index contributed by atoms with van der Waals surface area (Å²) in [6.45, 7) is 2.08. The first-order chi connectivity index (χ1) is 15.0. The molecule has 156 valence electrons. The van der Waals surface area contributed by atoms with Crippen LogP contribution in [0.1, 0.15) is 12.5 Å². The largest absolute Gasteiger partial charge is 0.310 e. The number of rotatable bonds is 6. The predicted molar refractivity (Wildman–Crippen MR) is 128 cm³/mol. The summed E-state index contributed by atoms with van der Waals surface area (Å²) in [7, 11) is 0. The molecule has 0 saturated carbocycles. The number of para-hydroxylation sites is 1. The zero-order chi connectivity index (χ0) is 21.8. The van der Waals surface area contributed by atoms with Gasteiger partial charge in [-0.15, -0.1) is 0 Å². The highest BCUT2D eigenvalue weighted by atomic mass is 79.9. The van der Waals surface area contributed by atoms with E-state index in [2.05, 4.69) is 38.1 Å². The average molecular weight is 495 g/mol. The lowest BCUT2D eigenvalue weighted by atomic mass is 10.1. The average Bonchev–Trinajstić information content (AvgIpc) is 2.79. The van der Waals surface area contributed by atoms with E-state index in [0.717, 1.165) is 16.6 Å². The van der Waals surface area contributed by atoms with Crippen molar-refractivity contribution in [3.8, 4) is 5.69 Å². The van der Waals surface area contributed by atoms with Crippen molar-refractivity contribution in [3.63, 3.8) is 0 Å². The molecule has 2 aromatic heterocycles. The standard InChI is InChI=1S/C23H19BrN4O2S/c1-2-15-7-10-17(11-8-15)28-22(30)18-5-3-4-6-19(18)26-23(28)31-14-21(29)27-20-12-9-16(24)13-25-20/h3-13H,2,14H2,1H3,(H,25,27,29). The van der Waals surface area contributed by atoms with Gasteiger partial charge in [0.25, 0.3) is 5.56 Å². The third kappa shape index (κ3) is 4.86. The molecule has 0 aliphatic rings. The Labute approximate surface area is 191 Å². The Balaban J connectivity index is 1.66. The van der Waals surface area contributed by atoms with Crippen LogP contribution in [0, 0.1) is 0 Å². The molecule has 0 unspecified atom stereocenters. The summed E-state index contributed by atoms with van der Waals surface area (Å²) in [5.41, 5.74) is 2.35. The van der Waals surface area contributed by atoms with Crippen molar-refractivity contribution in [2.24, 2.45) is 0 Å². The van der Waals surface area contributed by atoms with Gasteiger partial charge in [0, 0.05) is 10.7 Å². The maximum atomic E-state index is 13.3. The third-order valence-electron chi connectivity index (χ3n) is 4.67. The monoisotopic (exact) mass is 494 g/mol. The molecule has 4 aromatic rings. The van der Waals surface area contributed by atoms with Crippen molar-refractivity contribution in [1.82, 2.24) is 14.5 Å². The van der Waals surface area contributed by atoms with E-state index in [9.17, 15) is 9.59 Å². The maximum Gasteiger partial charge on any atom is 0.266 e. The van der Waals surface area contributed by atoms with Crippen LogP contribution >= 0.6 is 27.7 Å². The second kappa shape index (κ2) is 9.45. The number of aromatic nitrogens is 3. The molecule has 1 amide bonds. The number of hydrogen-bond donors (Lipinski definition) is 1. The molecule has 31 heavy (non-hydrogen) atoms. The molecular formula is C23H19BrN4O2S. The number of thioether (sulfide) groups is 1. The second-order valence-corrected chi connectivity index (χ2v) is 8.63. The summed E-state index contributed by atoms with van der Waals surface area (Å²) >= 11 is 4.53. The van der Waals surface area contributed by atoms with Crippen molar-refractivity contribution in [2.45, 2.75) is 18.5 Å². The highest BCUT2D eigenvalue weighted by Gasteiger charge is 2.15. The minimum Gasteiger partial charge on any atom is -0.310 e. The van der Waals surface area contributed by atoms with E-state index in [-0.39, 0.29) is 17.2 Å². The molecule has 0 aliphatic heterocycles. The molecule has 0 bridgehead atoms. The van der Waals surface area contributed by atoms with Gasteiger partial charge in [-0.3, -0.25) is 14.2 Å².